The zero-order valence-electron chi connectivity index (χ0n) is 7.90. The number of aromatic nitrogens is 2. The summed E-state index contributed by atoms with van der Waals surface area (Å²) in [4.78, 5) is 10.2. The number of hydrogen-bond acceptors (Lipinski definition) is 5. The Kier molecular flexibility index (Phi) is 3.98. The largest absolute Gasteiger partial charge is 0.382 e. The first-order valence-electron chi connectivity index (χ1n) is 4.03. The maximum atomic E-state index is 5.41. The normalized spacial score (nSPS) is 10.7. The lowest BCUT2D eigenvalue weighted by atomic mass is 10.7. The van der Waals surface area contributed by atoms with Gasteiger partial charge in [0, 0.05) is 12.3 Å². The highest BCUT2D eigenvalue weighted by atomic mass is 32.2. The molecular formula is C8H14N4S. The summed E-state index contributed by atoms with van der Waals surface area (Å²) in [7, 11) is 4.10. The number of thioether (sulfide) groups is 1. The molecule has 1 aromatic heterocycles. The molecule has 0 amide bonds. The van der Waals surface area contributed by atoms with E-state index in [1.54, 1.807) is 24.2 Å². The minimum absolute atomic E-state index is 0.469. The Morgan fingerprint density at radius 3 is 2.69 bits per heavy atom. The lowest BCUT2D eigenvalue weighted by Gasteiger charge is -2.07. The fourth-order valence-corrected chi connectivity index (χ4v) is 1.65. The minimum atomic E-state index is 0.469. The first-order chi connectivity index (χ1) is 6.18. The minimum Gasteiger partial charge on any atom is -0.382 e. The molecular weight excluding hydrogens is 184 g/mol. The van der Waals surface area contributed by atoms with Gasteiger partial charge in [-0.3, -0.25) is 0 Å². The molecule has 0 aliphatic carbocycles. The molecule has 0 aliphatic rings. The standard InChI is InChI=1S/C8H14N4S/c1-12(2)3-4-13-8-6-10-7(9)5-11-8/h5-6H,3-4H2,1-2H3,(H2,9,10). The van der Waals surface area contributed by atoms with Crippen molar-refractivity contribution in [2.24, 2.45) is 0 Å². The summed E-state index contributed by atoms with van der Waals surface area (Å²) < 4.78 is 0. The number of hydrogen-bond donors (Lipinski definition) is 1. The Bertz CT molecular complexity index is 247. The average Bonchev–Trinajstić information content (AvgIpc) is 2.08. The van der Waals surface area contributed by atoms with Crippen molar-refractivity contribution in [3.05, 3.63) is 12.4 Å². The van der Waals surface area contributed by atoms with Gasteiger partial charge >= 0.3 is 0 Å². The molecule has 13 heavy (non-hydrogen) atoms. The molecule has 1 rings (SSSR count). The maximum Gasteiger partial charge on any atom is 0.141 e. The molecule has 0 spiro atoms. The fraction of sp³-hybridized carbons (Fsp3) is 0.500. The molecule has 0 saturated heterocycles. The summed E-state index contributed by atoms with van der Waals surface area (Å²) in [6, 6.07) is 0. The molecule has 0 aromatic carbocycles. The average molecular weight is 198 g/mol. The molecule has 0 radical (unpaired) electrons. The summed E-state index contributed by atoms with van der Waals surface area (Å²) in [6.07, 6.45) is 3.29. The second kappa shape index (κ2) is 5.04. The van der Waals surface area contributed by atoms with Crippen LogP contribution in [-0.2, 0) is 0 Å². The van der Waals surface area contributed by atoms with E-state index in [9.17, 15) is 0 Å². The Hall–Kier alpha value is -0.810. The summed E-state index contributed by atoms with van der Waals surface area (Å²) in [5.74, 6) is 1.49. The molecule has 1 aromatic rings. The van der Waals surface area contributed by atoms with E-state index in [4.69, 9.17) is 5.73 Å². The van der Waals surface area contributed by atoms with Crippen molar-refractivity contribution in [3.8, 4) is 0 Å². The van der Waals surface area contributed by atoms with Gasteiger partial charge in [-0.15, -0.1) is 11.8 Å². The number of rotatable bonds is 4. The molecule has 2 N–H and O–H groups in total. The number of nitrogen functional groups attached to an aromatic ring is 1. The summed E-state index contributed by atoms with van der Waals surface area (Å²) in [5, 5.41) is 0.927. The highest BCUT2D eigenvalue weighted by Crippen LogP contribution is 2.13. The highest BCUT2D eigenvalue weighted by Gasteiger charge is 1.96. The van der Waals surface area contributed by atoms with Gasteiger partial charge in [0.2, 0.25) is 0 Å². The van der Waals surface area contributed by atoms with E-state index >= 15 is 0 Å². The first-order valence-corrected chi connectivity index (χ1v) is 5.02. The van der Waals surface area contributed by atoms with Crippen LogP contribution < -0.4 is 5.73 Å². The lowest BCUT2D eigenvalue weighted by molar-refractivity contribution is 0.437. The second-order valence-electron chi connectivity index (χ2n) is 2.93. The van der Waals surface area contributed by atoms with Crippen molar-refractivity contribution in [2.75, 3.05) is 32.1 Å². The summed E-state index contributed by atoms with van der Waals surface area (Å²) >= 11 is 1.69. The van der Waals surface area contributed by atoms with Gasteiger partial charge in [0.25, 0.3) is 0 Å². The van der Waals surface area contributed by atoms with Crippen LogP contribution in [0.15, 0.2) is 17.4 Å². The third kappa shape index (κ3) is 4.10. The molecule has 1 heterocycles. The van der Waals surface area contributed by atoms with Gasteiger partial charge in [-0.1, -0.05) is 0 Å². The Morgan fingerprint density at radius 2 is 2.15 bits per heavy atom. The topological polar surface area (TPSA) is 55.0 Å². The molecule has 0 unspecified atom stereocenters. The SMILES string of the molecule is CN(C)CCSc1cnc(N)cn1. The Labute approximate surface area is 82.6 Å². The maximum absolute atomic E-state index is 5.41. The molecule has 0 atom stereocenters. The first kappa shape index (κ1) is 10.3. The van der Waals surface area contributed by atoms with Crippen LogP contribution in [-0.4, -0.2) is 41.3 Å². The van der Waals surface area contributed by atoms with Crippen molar-refractivity contribution >= 4 is 17.6 Å². The van der Waals surface area contributed by atoms with Crippen molar-refractivity contribution in [3.63, 3.8) is 0 Å². The summed E-state index contributed by atoms with van der Waals surface area (Å²) in [5.41, 5.74) is 5.41. The van der Waals surface area contributed by atoms with Crippen molar-refractivity contribution in [1.29, 1.82) is 0 Å². The summed E-state index contributed by atoms with van der Waals surface area (Å²) in [6.45, 7) is 1.04. The van der Waals surface area contributed by atoms with Crippen LogP contribution in [0, 0.1) is 0 Å². The quantitative estimate of drug-likeness (QED) is 0.722. The van der Waals surface area contributed by atoms with Crippen LogP contribution in [0.2, 0.25) is 0 Å². The van der Waals surface area contributed by atoms with Crippen molar-refractivity contribution < 1.29 is 0 Å². The smallest absolute Gasteiger partial charge is 0.141 e. The molecule has 72 valence electrons. The zero-order valence-corrected chi connectivity index (χ0v) is 8.71. The van der Waals surface area contributed by atoms with Gasteiger partial charge in [-0.25, -0.2) is 9.97 Å². The molecule has 0 bridgehead atoms. The van der Waals surface area contributed by atoms with Gasteiger partial charge < -0.3 is 10.6 Å². The van der Waals surface area contributed by atoms with E-state index in [0.717, 1.165) is 17.3 Å². The monoisotopic (exact) mass is 198 g/mol. The fourth-order valence-electron chi connectivity index (χ4n) is 0.733. The van der Waals surface area contributed by atoms with Crippen molar-refractivity contribution in [2.45, 2.75) is 5.03 Å². The predicted molar refractivity (Wildman–Crippen MR) is 55.7 cm³/mol. The number of anilines is 1. The molecule has 0 fully saturated rings. The van der Waals surface area contributed by atoms with Crippen LogP contribution in [0.3, 0.4) is 0 Å². The van der Waals surface area contributed by atoms with E-state index in [1.807, 2.05) is 0 Å². The Morgan fingerprint density at radius 1 is 1.38 bits per heavy atom. The van der Waals surface area contributed by atoms with Gasteiger partial charge in [0.05, 0.1) is 12.4 Å². The number of nitrogens with zero attached hydrogens (tertiary/aromatic N) is 3. The lowest BCUT2D eigenvalue weighted by Crippen LogP contribution is -2.14. The predicted octanol–water partition coefficient (Wildman–Crippen LogP) is 0.713. The van der Waals surface area contributed by atoms with E-state index in [2.05, 4.69) is 29.0 Å². The Balaban J connectivity index is 2.33. The van der Waals surface area contributed by atoms with E-state index in [1.165, 1.54) is 0 Å². The van der Waals surface area contributed by atoms with Gasteiger partial charge in [0.15, 0.2) is 0 Å². The van der Waals surface area contributed by atoms with Gasteiger partial charge in [0.1, 0.15) is 10.8 Å². The second-order valence-corrected chi connectivity index (χ2v) is 4.05. The van der Waals surface area contributed by atoms with Gasteiger partial charge in [-0.2, -0.15) is 0 Å². The van der Waals surface area contributed by atoms with E-state index in [0.29, 0.717) is 5.82 Å². The van der Waals surface area contributed by atoms with Crippen molar-refractivity contribution in [1.82, 2.24) is 14.9 Å². The molecule has 0 saturated carbocycles. The number of nitrogens with two attached hydrogens (primary N) is 1. The molecule has 5 heteroatoms. The third-order valence-electron chi connectivity index (χ3n) is 1.44. The van der Waals surface area contributed by atoms with E-state index < -0.39 is 0 Å². The van der Waals surface area contributed by atoms with Crippen LogP contribution >= 0.6 is 11.8 Å². The zero-order chi connectivity index (χ0) is 9.68. The van der Waals surface area contributed by atoms with Crippen LogP contribution in [0.1, 0.15) is 0 Å². The third-order valence-corrected chi connectivity index (χ3v) is 2.33. The van der Waals surface area contributed by atoms with Crippen LogP contribution in [0.4, 0.5) is 5.82 Å². The van der Waals surface area contributed by atoms with E-state index in [-0.39, 0.29) is 0 Å². The molecule has 0 aliphatic heterocycles. The van der Waals surface area contributed by atoms with Gasteiger partial charge in [-0.05, 0) is 14.1 Å². The van der Waals surface area contributed by atoms with Crippen LogP contribution in [0.25, 0.3) is 0 Å². The molecule has 4 nitrogen and oxygen atoms in total. The highest BCUT2D eigenvalue weighted by molar-refractivity contribution is 7.99. The van der Waals surface area contributed by atoms with Crippen LogP contribution in [0.5, 0.6) is 0 Å².